The molecule has 0 saturated carbocycles. The lowest BCUT2D eigenvalue weighted by Crippen LogP contribution is -2.58. The summed E-state index contributed by atoms with van der Waals surface area (Å²) in [4.78, 5) is 27.1. The molecule has 0 bridgehead atoms. The Labute approximate surface area is 167 Å². The summed E-state index contributed by atoms with van der Waals surface area (Å²) in [6, 6.07) is 7.32. The third-order valence-electron chi connectivity index (χ3n) is 4.05. The predicted octanol–water partition coefficient (Wildman–Crippen LogP) is 3.79. The quantitative estimate of drug-likeness (QED) is 0.468. The summed E-state index contributed by atoms with van der Waals surface area (Å²) >= 11 is 0. The average Bonchev–Trinajstić information content (AvgIpc) is 2.63. The number of nitrogens with zero attached hydrogens (tertiary/aromatic N) is 1. The number of hydrogen-bond acceptors (Lipinski definition) is 6. The molecular weight excluding hydrogens is 362 g/mol. The van der Waals surface area contributed by atoms with Gasteiger partial charge in [0, 0.05) is 13.5 Å². The normalized spacial score (nSPS) is 13.4. The van der Waals surface area contributed by atoms with Gasteiger partial charge in [-0.15, -0.1) is 0 Å². The Balaban J connectivity index is 3.27. The summed E-state index contributed by atoms with van der Waals surface area (Å²) in [6.07, 6.45) is 0.280. The molecule has 0 aliphatic heterocycles. The van der Waals surface area contributed by atoms with Crippen LogP contribution in [0, 0.1) is 0 Å². The second-order valence-corrected chi connectivity index (χ2v) is 7.76. The molecule has 7 heteroatoms. The Morgan fingerprint density at radius 3 is 2.11 bits per heavy atom. The molecule has 0 radical (unpaired) electrons. The lowest BCUT2D eigenvalue weighted by atomic mass is 9.91. The third-order valence-corrected chi connectivity index (χ3v) is 4.05. The second kappa shape index (κ2) is 10.3. The zero-order chi connectivity index (χ0) is 21.4. The van der Waals surface area contributed by atoms with Gasteiger partial charge in [-0.1, -0.05) is 19.1 Å². The van der Waals surface area contributed by atoms with Crippen molar-refractivity contribution in [2.75, 3.05) is 27.6 Å². The SMILES string of the molecule is CCCOC(=O)[C@](C)(Cc1ccc(OC)cc1)N(COC)C(=O)OC(C)(C)C. The first kappa shape index (κ1) is 23.8. The molecule has 28 heavy (non-hydrogen) atoms. The van der Waals surface area contributed by atoms with E-state index in [1.807, 2.05) is 19.1 Å². The van der Waals surface area contributed by atoms with E-state index < -0.39 is 23.2 Å². The van der Waals surface area contributed by atoms with Crippen LogP contribution >= 0.6 is 0 Å². The van der Waals surface area contributed by atoms with Crippen molar-refractivity contribution in [3.05, 3.63) is 29.8 Å². The number of methoxy groups -OCH3 is 2. The number of hydrogen-bond donors (Lipinski definition) is 0. The molecule has 0 spiro atoms. The smallest absolute Gasteiger partial charge is 0.413 e. The van der Waals surface area contributed by atoms with Crippen LogP contribution in [0.2, 0.25) is 0 Å². The molecule has 7 nitrogen and oxygen atoms in total. The molecule has 0 aliphatic carbocycles. The number of rotatable bonds is 9. The number of benzene rings is 1. The van der Waals surface area contributed by atoms with Gasteiger partial charge in [0.2, 0.25) is 0 Å². The van der Waals surface area contributed by atoms with Crippen molar-refractivity contribution >= 4 is 12.1 Å². The van der Waals surface area contributed by atoms with Crippen LogP contribution < -0.4 is 4.74 Å². The van der Waals surface area contributed by atoms with E-state index in [1.165, 1.54) is 12.0 Å². The molecule has 0 N–H and O–H groups in total. The minimum absolute atomic E-state index is 0.108. The Hall–Kier alpha value is -2.28. The third kappa shape index (κ3) is 6.71. The maximum absolute atomic E-state index is 13.0. The molecule has 0 heterocycles. The first-order valence-corrected chi connectivity index (χ1v) is 9.37. The highest BCUT2D eigenvalue weighted by molar-refractivity contribution is 5.86. The minimum atomic E-state index is -1.30. The average molecular weight is 395 g/mol. The van der Waals surface area contributed by atoms with Gasteiger partial charge in [0.05, 0.1) is 13.7 Å². The van der Waals surface area contributed by atoms with Crippen LogP contribution in [-0.2, 0) is 25.4 Å². The Morgan fingerprint density at radius 1 is 1.04 bits per heavy atom. The van der Waals surface area contributed by atoms with E-state index in [4.69, 9.17) is 18.9 Å². The fourth-order valence-corrected chi connectivity index (χ4v) is 2.61. The number of ether oxygens (including phenoxy) is 4. The highest BCUT2D eigenvalue weighted by Gasteiger charge is 2.45. The largest absolute Gasteiger partial charge is 0.497 e. The Bertz CT molecular complexity index is 637. The van der Waals surface area contributed by atoms with Crippen LogP contribution in [0.3, 0.4) is 0 Å². The molecule has 0 saturated heterocycles. The summed E-state index contributed by atoms with van der Waals surface area (Å²) in [7, 11) is 3.05. The molecule has 1 atom stereocenters. The zero-order valence-electron chi connectivity index (χ0n) is 18.0. The summed E-state index contributed by atoms with van der Waals surface area (Å²) in [6.45, 7) is 9.05. The fraction of sp³-hybridized carbons (Fsp3) is 0.619. The van der Waals surface area contributed by atoms with Crippen molar-refractivity contribution in [2.24, 2.45) is 0 Å². The number of carbonyl (C=O) groups is 2. The van der Waals surface area contributed by atoms with Crippen molar-refractivity contribution in [3.63, 3.8) is 0 Å². The minimum Gasteiger partial charge on any atom is -0.497 e. The van der Waals surface area contributed by atoms with E-state index in [9.17, 15) is 9.59 Å². The second-order valence-electron chi connectivity index (χ2n) is 7.76. The van der Waals surface area contributed by atoms with Crippen molar-refractivity contribution < 1.29 is 28.5 Å². The number of amides is 1. The lowest BCUT2D eigenvalue weighted by Gasteiger charge is -2.39. The molecule has 158 valence electrons. The van der Waals surface area contributed by atoms with E-state index >= 15 is 0 Å². The topological polar surface area (TPSA) is 74.3 Å². The van der Waals surface area contributed by atoms with E-state index in [2.05, 4.69) is 0 Å². The molecular formula is C21H33NO6. The highest BCUT2D eigenvalue weighted by atomic mass is 16.6. The molecule has 0 fully saturated rings. The van der Waals surface area contributed by atoms with Crippen LogP contribution in [0.4, 0.5) is 4.79 Å². The lowest BCUT2D eigenvalue weighted by molar-refractivity contribution is -0.160. The van der Waals surface area contributed by atoms with Crippen molar-refractivity contribution in [2.45, 2.75) is 58.6 Å². The van der Waals surface area contributed by atoms with E-state index in [1.54, 1.807) is 46.9 Å². The Kier molecular flexibility index (Phi) is 8.75. The standard InChI is InChI=1S/C21H33NO6/c1-8-13-27-18(23)21(5,14-16-9-11-17(26-7)12-10-16)22(15-25-6)19(24)28-20(2,3)4/h9-12H,8,13-15H2,1-7H3/t21-/m0/s1. The van der Waals surface area contributed by atoms with E-state index in [0.29, 0.717) is 12.2 Å². The maximum atomic E-state index is 13.0. The van der Waals surface area contributed by atoms with E-state index in [-0.39, 0.29) is 19.8 Å². The van der Waals surface area contributed by atoms with Crippen LogP contribution in [0.25, 0.3) is 0 Å². The van der Waals surface area contributed by atoms with Gasteiger partial charge >= 0.3 is 12.1 Å². The monoisotopic (exact) mass is 395 g/mol. The number of carbonyl (C=O) groups excluding carboxylic acids is 2. The molecule has 0 unspecified atom stereocenters. The molecule has 1 amide bonds. The molecule has 0 aromatic heterocycles. The van der Waals surface area contributed by atoms with Crippen LogP contribution in [0.5, 0.6) is 5.75 Å². The highest BCUT2D eigenvalue weighted by Crippen LogP contribution is 2.26. The summed E-state index contributed by atoms with van der Waals surface area (Å²) < 4.78 is 21.3. The van der Waals surface area contributed by atoms with Crippen LogP contribution in [-0.4, -0.2) is 55.7 Å². The van der Waals surface area contributed by atoms with Crippen LogP contribution in [0.15, 0.2) is 24.3 Å². The first-order valence-electron chi connectivity index (χ1n) is 9.37. The van der Waals surface area contributed by atoms with E-state index in [0.717, 1.165) is 5.56 Å². The van der Waals surface area contributed by atoms with Crippen molar-refractivity contribution in [3.8, 4) is 5.75 Å². The summed E-state index contributed by atoms with van der Waals surface area (Å²) in [5, 5.41) is 0. The molecule has 1 rings (SSSR count). The van der Waals surface area contributed by atoms with Crippen LogP contribution in [0.1, 0.15) is 46.6 Å². The molecule has 0 aliphatic rings. The molecule has 1 aromatic rings. The predicted molar refractivity (Wildman–Crippen MR) is 106 cm³/mol. The summed E-state index contributed by atoms with van der Waals surface area (Å²) in [5.41, 5.74) is -1.17. The van der Waals surface area contributed by atoms with Gasteiger partial charge < -0.3 is 18.9 Å². The summed E-state index contributed by atoms with van der Waals surface area (Å²) in [5.74, 6) is 0.202. The van der Waals surface area contributed by atoms with Gasteiger partial charge in [-0.2, -0.15) is 0 Å². The fourth-order valence-electron chi connectivity index (χ4n) is 2.61. The van der Waals surface area contributed by atoms with Crippen molar-refractivity contribution in [1.82, 2.24) is 4.90 Å². The van der Waals surface area contributed by atoms with Gasteiger partial charge in [0.15, 0.2) is 0 Å². The van der Waals surface area contributed by atoms with Crippen molar-refractivity contribution in [1.29, 1.82) is 0 Å². The maximum Gasteiger partial charge on any atom is 0.413 e. The van der Waals surface area contributed by atoms with Gasteiger partial charge in [0.25, 0.3) is 0 Å². The van der Waals surface area contributed by atoms with Gasteiger partial charge in [0.1, 0.15) is 23.6 Å². The zero-order valence-corrected chi connectivity index (χ0v) is 18.0. The van der Waals surface area contributed by atoms with Gasteiger partial charge in [-0.3, -0.25) is 4.90 Å². The molecule has 1 aromatic carbocycles. The number of esters is 1. The Morgan fingerprint density at radius 2 is 1.64 bits per heavy atom. The van der Waals surface area contributed by atoms with Gasteiger partial charge in [-0.05, 0) is 51.8 Å². The van der Waals surface area contributed by atoms with Gasteiger partial charge in [-0.25, -0.2) is 9.59 Å². The first-order chi connectivity index (χ1) is 13.1.